The van der Waals surface area contributed by atoms with Gasteiger partial charge in [-0.2, -0.15) is 18.3 Å². The second kappa shape index (κ2) is 5.48. The van der Waals surface area contributed by atoms with Crippen molar-refractivity contribution < 1.29 is 18.0 Å². The number of carbonyl (C=O) groups excluding carboxylic acids is 1. The third-order valence-corrected chi connectivity index (χ3v) is 2.83. The highest BCUT2D eigenvalue weighted by molar-refractivity contribution is 5.85. The number of nitrogens with zero attached hydrogens (tertiary/aromatic N) is 2. The van der Waals surface area contributed by atoms with E-state index in [-0.39, 0.29) is 16.8 Å². The largest absolute Gasteiger partial charge is 0.416 e. The van der Waals surface area contributed by atoms with Gasteiger partial charge in [0, 0.05) is 18.3 Å². The van der Waals surface area contributed by atoms with E-state index in [1.54, 1.807) is 10.9 Å². The van der Waals surface area contributed by atoms with E-state index in [9.17, 15) is 18.0 Å². The Balaban J connectivity index is 2.48. The first-order valence-electron chi connectivity index (χ1n) is 6.16. The normalized spacial score (nSPS) is 11.6. The van der Waals surface area contributed by atoms with Crippen LogP contribution in [-0.4, -0.2) is 16.1 Å². The summed E-state index contributed by atoms with van der Waals surface area (Å²) in [6.07, 6.45) is -1.44. The molecule has 0 aliphatic carbocycles. The third kappa shape index (κ3) is 2.89. The maximum absolute atomic E-state index is 12.7. The molecule has 20 heavy (non-hydrogen) atoms. The van der Waals surface area contributed by atoms with Crippen LogP contribution in [0, 0.1) is 0 Å². The van der Waals surface area contributed by atoms with Crippen molar-refractivity contribution in [2.75, 3.05) is 0 Å². The molecule has 0 aliphatic heterocycles. The molecule has 2 rings (SSSR count). The van der Waals surface area contributed by atoms with Crippen molar-refractivity contribution in [3.63, 3.8) is 0 Å². The number of hydrogen-bond acceptors (Lipinski definition) is 2. The minimum Gasteiger partial charge on any atom is -0.298 e. The number of aldehydes is 1. The summed E-state index contributed by atoms with van der Waals surface area (Å²) in [4.78, 5) is 11.0. The predicted octanol–water partition coefficient (Wildman–Crippen LogP) is 3.79. The monoisotopic (exact) mass is 282 g/mol. The van der Waals surface area contributed by atoms with Gasteiger partial charge in [-0.3, -0.25) is 9.48 Å². The molecule has 0 radical (unpaired) electrons. The lowest BCUT2D eigenvalue weighted by atomic mass is 10.1. The van der Waals surface area contributed by atoms with Crippen LogP contribution in [0.15, 0.2) is 30.5 Å². The summed E-state index contributed by atoms with van der Waals surface area (Å²) in [5, 5.41) is 4.18. The Hall–Kier alpha value is -2.11. The van der Waals surface area contributed by atoms with Gasteiger partial charge in [-0.15, -0.1) is 0 Å². The summed E-state index contributed by atoms with van der Waals surface area (Å²) in [7, 11) is 0. The standard InChI is InChI=1S/C14H13F3N2O/c1-2-6-19-8-11(9-20)13(18-19)10-4-3-5-12(7-10)14(15,16)17/h3-5,7-9H,2,6H2,1H3. The minimum atomic E-state index is -4.41. The molecule has 1 heterocycles. The van der Waals surface area contributed by atoms with E-state index in [0.29, 0.717) is 12.8 Å². The second-order valence-corrected chi connectivity index (χ2v) is 4.39. The summed E-state index contributed by atoms with van der Waals surface area (Å²) in [5.74, 6) is 0. The molecule has 0 saturated heterocycles. The van der Waals surface area contributed by atoms with Crippen LogP contribution < -0.4 is 0 Å². The van der Waals surface area contributed by atoms with Crippen molar-refractivity contribution in [3.05, 3.63) is 41.6 Å². The fourth-order valence-corrected chi connectivity index (χ4v) is 1.93. The van der Waals surface area contributed by atoms with E-state index in [1.807, 2.05) is 6.92 Å². The zero-order valence-corrected chi connectivity index (χ0v) is 10.8. The van der Waals surface area contributed by atoms with Crippen LogP contribution >= 0.6 is 0 Å². The van der Waals surface area contributed by atoms with Gasteiger partial charge < -0.3 is 0 Å². The lowest BCUT2D eigenvalue weighted by Crippen LogP contribution is -2.04. The fourth-order valence-electron chi connectivity index (χ4n) is 1.93. The van der Waals surface area contributed by atoms with Gasteiger partial charge in [0.2, 0.25) is 0 Å². The SMILES string of the molecule is CCCn1cc(C=O)c(-c2cccc(C(F)(F)F)c2)n1. The molecule has 0 spiro atoms. The molecule has 1 aromatic heterocycles. The lowest BCUT2D eigenvalue weighted by molar-refractivity contribution is -0.137. The molecule has 6 heteroatoms. The summed E-state index contributed by atoms with van der Waals surface area (Å²) in [5.41, 5.74) is 0.103. The number of aromatic nitrogens is 2. The van der Waals surface area contributed by atoms with Crippen LogP contribution in [-0.2, 0) is 12.7 Å². The Bertz CT molecular complexity index is 617. The Kier molecular flexibility index (Phi) is 3.92. The summed E-state index contributed by atoms with van der Waals surface area (Å²) >= 11 is 0. The summed E-state index contributed by atoms with van der Waals surface area (Å²) < 4.78 is 39.7. The van der Waals surface area contributed by atoms with Crippen molar-refractivity contribution in [3.8, 4) is 11.3 Å². The molecule has 2 aromatic rings. The highest BCUT2D eigenvalue weighted by atomic mass is 19.4. The second-order valence-electron chi connectivity index (χ2n) is 4.39. The maximum atomic E-state index is 12.7. The van der Waals surface area contributed by atoms with Crippen LogP contribution in [0.3, 0.4) is 0 Å². The zero-order chi connectivity index (χ0) is 14.8. The lowest BCUT2D eigenvalue weighted by Gasteiger charge is -2.07. The Morgan fingerprint density at radius 3 is 2.70 bits per heavy atom. The molecule has 0 saturated carbocycles. The van der Waals surface area contributed by atoms with E-state index < -0.39 is 11.7 Å². The van der Waals surface area contributed by atoms with Gasteiger partial charge >= 0.3 is 6.18 Å². The van der Waals surface area contributed by atoms with Crippen molar-refractivity contribution in [2.45, 2.75) is 26.1 Å². The number of rotatable bonds is 4. The summed E-state index contributed by atoms with van der Waals surface area (Å²) in [6.45, 7) is 2.56. The molecular weight excluding hydrogens is 269 g/mol. The van der Waals surface area contributed by atoms with Crippen molar-refractivity contribution in [1.82, 2.24) is 9.78 Å². The van der Waals surface area contributed by atoms with Gasteiger partial charge in [0.25, 0.3) is 0 Å². The van der Waals surface area contributed by atoms with Crippen LogP contribution in [0.5, 0.6) is 0 Å². The molecular formula is C14H13F3N2O. The number of alkyl halides is 3. The summed E-state index contributed by atoms with van der Waals surface area (Å²) in [6, 6.07) is 4.82. The average Bonchev–Trinajstić information content (AvgIpc) is 2.81. The van der Waals surface area contributed by atoms with Crippen molar-refractivity contribution in [1.29, 1.82) is 0 Å². The molecule has 0 atom stereocenters. The van der Waals surface area contributed by atoms with Crippen LogP contribution in [0.4, 0.5) is 13.2 Å². The fraction of sp³-hybridized carbons (Fsp3) is 0.286. The number of hydrogen-bond donors (Lipinski definition) is 0. The first kappa shape index (κ1) is 14.3. The number of aryl methyl sites for hydroxylation is 1. The number of carbonyl (C=O) groups is 1. The maximum Gasteiger partial charge on any atom is 0.416 e. The minimum absolute atomic E-state index is 0.277. The van der Waals surface area contributed by atoms with Crippen molar-refractivity contribution in [2.24, 2.45) is 0 Å². The Morgan fingerprint density at radius 1 is 1.35 bits per heavy atom. The molecule has 3 nitrogen and oxygen atoms in total. The van der Waals surface area contributed by atoms with Crippen LogP contribution in [0.2, 0.25) is 0 Å². The van der Waals surface area contributed by atoms with Gasteiger partial charge in [-0.25, -0.2) is 0 Å². The smallest absolute Gasteiger partial charge is 0.298 e. The van der Waals surface area contributed by atoms with Crippen molar-refractivity contribution >= 4 is 6.29 Å². The Labute approximate surface area is 114 Å². The first-order valence-corrected chi connectivity index (χ1v) is 6.16. The molecule has 0 bridgehead atoms. The highest BCUT2D eigenvalue weighted by Gasteiger charge is 2.30. The molecule has 0 amide bonds. The predicted molar refractivity (Wildman–Crippen MR) is 68.3 cm³/mol. The quantitative estimate of drug-likeness (QED) is 0.800. The first-order chi connectivity index (χ1) is 9.45. The van der Waals surface area contributed by atoms with Gasteiger partial charge in [-0.05, 0) is 18.6 Å². The van der Waals surface area contributed by atoms with Crippen LogP contribution in [0.1, 0.15) is 29.3 Å². The van der Waals surface area contributed by atoms with E-state index in [0.717, 1.165) is 18.6 Å². The molecule has 106 valence electrons. The molecule has 0 aliphatic rings. The number of benzene rings is 1. The molecule has 1 aromatic carbocycles. The van der Waals surface area contributed by atoms with E-state index in [4.69, 9.17) is 0 Å². The Morgan fingerprint density at radius 2 is 2.10 bits per heavy atom. The van der Waals surface area contributed by atoms with Crippen LogP contribution in [0.25, 0.3) is 11.3 Å². The molecule has 0 fully saturated rings. The topological polar surface area (TPSA) is 34.9 Å². The highest BCUT2D eigenvalue weighted by Crippen LogP contribution is 2.32. The molecule has 0 unspecified atom stereocenters. The molecule has 0 N–H and O–H groups in total. The average molecular weight is 282 g/mol. The van der Waals surface area contributed by atoms with Gasteiger partial charge in [0.05, 0.1) is 11.1 Å². The van der Waals surface area contributed by atoms with Gasteiger partial charge in [-0.1, -0.05) is 19.1 Å². The van der Waals surface area contributed by atoms with Gasteiger partial charge in [0.15, 0.2) is 6.29 Å². The van der Waals surface area contributed by atoms with Gasteiger partial charge in [0.1, 0.15) is 5.69 Å². The van der Waals surface area contributed by atoms with E-state index in [1.165, 1.54) is 12.1 Å². The van der Waals surface area contributed by atoms with E-state index >= 15 is 0 Å². The van der Waals surface area contributed by atoms with E-state index in [2.05, 4.69) is 5.10 Å². The number of halogens is 3. The third-order valence-electron chi connectivity index (χ3n) is 2.83. The zero-order valence-electron chi connectivity index (χ0n) is 10.8.